The number of rotatable bonds is 4. The van der Waals surface area contributed by atoms with Gasteiger partial charge in [-0.1, -0.05) is 23.2 Å². The molecule has 0 aliphatic carbocycles. The third-order valence-electron chi connectivity index (χ3n) is 4.36. The van der Waals surface area contributed by atoms with Crippen molar-refractivity contribution >= 4 is 52.9 Å². The molecule has 0 bridgehead atoms. The number of nitrogens with one attached hydrogen (secondary N) is 1. The lowest BCUT2D eigenvalue weighted by atomic mass is 10.1. The Hall–Kier alpha value is -3.55. The number of hydrogen-bond acceptors (Lipinski definition) is 4. The average molecular weight is 443 g/mol. The van der Waals surface area contributed by atoms with Gasteiger partial charge in [-0.15, -0.1) is 0 Å². The van der Waals surface area contributed by atoms with Gasteiger partial charge in [0.2, 0.25) is 0 Å². The average Bonchev–Trinajstić information content (AvgIpc) is 3.28. The predicted octanol–water partition coefficient (Wildman–Crippen LogP) is 5.05. The van der Waals surface area contributed by atoms with Crippen molar-refractivity contribution in [2.45, 2.75) is 0 Å². The van der Waals surface area contributed by atoms with E-state index < -0.39 is 17.9 Å². The molecule has 30 heavy (non-hydrogen) atoms. The van der Waals surface area contributed by atoms with Crippen LogP contribution in [-0.4, -0.2) is 23.0 Å². The van der Waals surface area contributed by atoms with E-state index in [2.05, 4.69) is 5.32 Å². The van der Waals surface area contributed by atoms with Crippen LogP contribution in [0.5, 0.6) is 0 Å². The molecule has 1 fully saturated rings. The Morgan fingerprint density at radius 2 is 1.77 bits per heavy atom. The summed E-state index contributed by atoms with van der Waals surface area (Å²) in [5.74, 6) is -1.01. The molecule has 150 valence electrons. The van der Waals surface area contributed by atoms with Crippen LogP contribution in [0.3, 0.4) is 0 Å². The van der Waals surface area contributed by atoms with Gasteiger partial charge < -0.3 is 14.8 Å². The van der Waals surface area contributed by atoms with Crippen molar-refractivity contribution < 1.29 is 23.9 Å². The minimum absolute atomic E-state index is 0.0400. The number of imide groups is 1. The summed E-state index contributed by atoms with van der Waals surface area (Å²) in [6, 6.07) is 13.4. The first-order valence-corrected chi connectivity index (χ1v) is 9.35. The quantitative estimate of drug-likeness (QED) is 0.434. The summed E-state index contributed by atoms with van der Waals surface area (Å²) in [5, 5.41) is 12.3. The molecule has 2 aromatic carbocycles. The molecule has 0 unspecified atom stereocenters. The van der Waals surface area contributed by atoms with Crippen molar-refractivity contribution in [2.75, 3.05) is 4.90 Å². The van der Waals surface area contributed by atoms with Gasteiger partial charge in [0.05, 0.1) is 16.3 Å². The van der Waals surface area contributed by atoms with E-state index in [4.69, 9.17) is 27.6 Å². The van der Waals surface area contributed by atoms with Crippen LogP contribution in [-0.2, 0) is 4.79 Å². The second kappa shape index (κ2) is 7.70. The lowest BCUT2D eigenvalue weighted by molar-refractivity contribution is -0.113. The van der Waals surface area contributed by atoms with E-state index in [1.807, 2.05) is 0 Å². The largest absolute Gasteiger partial charge is 0.478 e. The molecule has 7 nitrogen and oxygen atoms in total. The summed E-state index contributed by atoms with van der Waals surface area (Å²) in [5.41, 5.74) is 0.874. The molecule has 9 heteroatoms. The lowest BCUT2D eigenvalue weighted by Gasteiger charge is -2.11. The van der Waals surface area contributed by atoms with Crippen molar-refractivity contribution in [2.24, 2.45) is 0 Å². The molecule has 2 N–H and O–H groups in total. The minimum atomic E-state index is -1.16. The van der Waals surface area contributed by atoms with Gasteiger partial charge in [0.1, 0.15) is 17.2 Å². The van der Waals surface area contributed by atoms with Crippen LogP contribution >= 0.6 is 23.2 Å². The van der Waals surface area contributed by atoms with E-state index in [0.717, 1.165) is 4.90 Å². The number of halogens is 2. The van der Waals surface area contributed by atoms with Gasteiger partial charge in [0, 0.05) is 16.7 Å². The zero-order valence-corrected chi connectivity index (χ0v) is 16.6. The van der Waals surface area contributed by atoms with Crippen molar-refractivity contribution in [1.82, 2.24) is 5.32 Å². The highest BCUT2D eigenvalue weighted by Crippen LogP contribution is 2.29. The van der Waals surface area contributed by atoms with Gasteiger partial charge in [0.15, 0.2) is 0 Å². The summed E-state index contributed by atoms with van der Waals surface area (Å²) in [6.07, 6.45) is 1.40. The zero-order valence-electron chi connectivity index (χ0n) is 15.1. The Balaban J connectivity index is 1.61. The topological polar surface area (TPSA) is 99.9 Å². The van der Waals surface area contributed by atoms with Gasteiger partial charge in [-0.2, -0.15) is 0 Å². The van der Waals surface area contributed by atoms with Crippen LogP contribution in [0.1, 0.15) is 16.1 Å². The standard InChI is InChI=1S/C21H12Cl2N2O5/c22-12-2-4-13(5-3-12)25-19(26)17(24-21(25)29)10-14-6-8-18(30-14)11-1-7-16(23)15(9-11)20(27)28/h1-10H,(H,24,29)(H,27,28)/b17-10+. The predicted molar refractivity (Wildman–Crippen MR) is 112 cm³/mol. The second-order valence-corrected chi connectivity index (χ2v) is 7.15. The first-order valence-electron chi connectivity index (χ1n) is 8.59. The molecule has 1 aliphatic rings. The summed E-state index contributed by atoms with van der Waals surface area (Å²) >= 11 is 11.7. The molecule has 0 radical (unpaired) electrons. The van der Waals surface area contributed by atoms with Crippen molar-refractivity contribution in [1.29, 1.82) is 0 Å². The zero-order chi connectivity index (χ0) is 21.4. The Morgan fingerprint density at radius 1 is 1.03 bits per heavy atom. The van der Waals surface area contributed by atoms with Gasteiger partial charge in [-0.3, -0.25) is 4.79 Å². The number of carboxylic acids is 1. The van der Waals surface area contributed by atoms with Crippen LogP contribution in [0.4, 0.5) is 10.5 Å². The summed E-state index contributed by atoms with van der Waals surface area (Å²) in [6.45, 7) is 0. The van der Waals surface area contributed by atoms with Crippen LogP contribution in [0.15, 0.2) is 64.7 Å². The Morgan fingerprint density at radius 3 is 2.47 bits per heavy atom. The van der Waals surface area contributed by atoms with Crippen molar-refractivity contribution in [3.63, 3.8) is 0 Å². The fraction of sp³-hybridized carbons (Fsp3) is 0. The number of furan rings is 1. The van der Waals surface area contributed by atoms with Gasteiger partial charge in [-0.25, -0.2) is 14.5 Å². The van der Waals surface area contributed by atoms with Gasteiger partial charge >= 0.3 is 12.0 Å². The third-order valence-corrected chi connectivity index (χ3v) is 4.94. The summed E-state index contributed by atoms with van der Waals surface area (Å²) < 4.78 is 5.69. The number of carbonyl (C=O) groups is 3. The number of nitrogens with zero attached hydrogens (tertiary/aromatic N) is 1. The molecule has 1 aromatic heterocycles. The normalized spacial score (nSPS) is 15.0. The molecule has 3 aromatic rings. The molecule has 1 saturated heterocycles. The maximum atomic E-state index is 12.7. The highest BCUT2D eigenvalue weighted by molar-refractivity contribution is 6.33. The van der Waals surface area contributed by atoms with Crippen molar-refractivity contribution in [3.05, 3.63) is 81.7 Å². The van der Waals surface area contributed by atoms with Gasteiger partial charge in [0.25, 0.3) is 5.91 Å². The maximum absolute atomic E-state index is 12.7. The van der Waals surface area contributed by atoms with E-state index in [9.17, 15) is 19.5 Å². The number of carboxylic acid groups (broad SMARTS) is 1. The molecule has 2 heterocycles. The third kappa shape index (κ3) is 3.68. The smallest absolute Gasteiger partial charge is 0.337 e. The SMILES string of the molecule is O=C(O)c1cc(-c2ccc(/C=C3/NC(=O)N(c4ccc(Cl)cc4)C3=O)o2)ccc1Cl. The Kier molecular flexibility index (Phi) is 5.07. The molecular formula is C21H12Cl2N2O5. The lowest BCUT2D eigenvalue weighted by Crippen LogP contribution is -2.30. The molecule has 3 amide bonds. The van der Waals surface area contributed by atoms with E-state index in [1.54, 1.807) is 42.5 Å². The van der Waals surface area contributed by atoms with E-state index >= 15 is 0 Å². The second-order valence-electron chi connectivity index (χ2n) is 6.31. The molecule has 0 saturated carbocycles. The fourth-order valence-corrected chi connectivity index (χ4v) is 3.25. The maximum Gasteiger partial charge on any atom is 0.337 e. The summed E-state index contributed by atoms with van der Waals surface area (Å²) in [7, 11) is 0. The first-order chi connectivity index (χ1) is 14.3. The van der Waals surface area contributed by atoms with Crippen molar-refractivity contribution in [3.8, 4) is 11.3 Å². The highest BCUT2D eigenvalue weighted by atomic mass is 35.5. The molecular weight excluding hydrogens is 431 g/mol. The first kappa shape index (κ1) is 19.8. The molecule has 1 aliphatic heterocycles. The minimum Gasteiger partial charge on any atom is -0.478 e. The Labute approximate surface area is 180 Å². The summed E-state index contributed by atoms with van der Waals surface area (Å²) in [4.78, 5) is 37.2. The van der Waals surface area contributed by atoms with Gasteiger partial charge in [-0.05, 0) is 54.6 Å². The number of benzene rings is 2. The monoisotopic (exact) mass is 442 g/mol. The number of aromatic carboxylic acids is 1. The number of amides is 3. The van der Waals surface area contributed by atoms with E-state index in [0.29, 0.717) is 27.8 Å². The molecule has 0 spiro atoms. The van der Waals surface area contributed by atoms with E-state index in [-0.39, 0.29) is 16.3 Å². The Bertz CT molecular complexity index is 1210. The fourth-order valence-electron chi connectivity index (χ4n) is 2.93. The highest BCUT2D eigenvalue weighted by Gasteiger charge is 2.35. The van der Waals surface area contributed by atoms with Crippen LogP contribution < -0.4 is 10.2 Å². The van der Waals surface area contributed by atoms with E-state index in [1.165, 1.54) is 18.2 Å². The number of anilines is 1. The molecule has 0 atom stereocenters. The number of urea groups is 1. The molecule has 4 rings (SSSR count). The van der Waals surface area contributed by atoms with Crippen LogP contribution in [0.25, 0.3) is 17.4 Å². The number of hydrogen-bond donors (Lipinski definition) is 2. The number of carbonyl (C=O) groups excluding carboxylic acids is 2. The van der Waals surface area contributed by atoms with Crippen LogP contribution in [0.2, 0.25) is 10.0 Å². The van der Waals surface area contributed by atoms with Crippen LogP contribution in [0, 0.1) is 0 Å².